The first-order valence-corrected chi connectivity index (χ1v) is 8.89. The number of hydrogen-bond acceptors (Lipinski definition) is 5. The summed E-state index contributed by atoms with van der Waals surface area (Å²) in [5.74, 6) is 0.172. The van der Waals surface area contributed by atoms with Crippen molar-refractivity contribution in [1.29, 1.82) is 0 Å². The van der Waals surface area contributed by atoms with Crippen LogP contribution in [-0.2, 0) is 0 Å². The standard InChI is InChI=1S/C20H19N7O/c1-13(18-12-21-27(14(18)2)15-8-4-3-5-9-15)22-20(28)17-11-7-6-10-16(17)19-23-25-26-24-19/h3-13H,1-2H3,(H,22,28)(H,23,24,25,26)/t13-/m1/s1. The molecule has 8 nitrogen and oxygen atoms in total. The lowest BCUT2D eigenvalue weighted by atomic mass is 10.0. The molecule has 0 aliphatic heterocycles. The van der Waals surface area contributed by atoms with Crippen LogP contribution in [0.2, 0.25) is 0 Å². The maximum atomic E-state index is 12.9. The van der Waals surface area contributed by atoms with Gasteiger partial charge in [0.15, 0.2) is 0 Å². The third-order valence-electron chi connectivity index (χ3n) is 4.62. The zero-order chi connectivity index (χ0) is 19.5. The fraction of sp³-hybridized carbons (Fsp3) is 0.150. The lowest BCUT2D eigenvalue weighted by molar-refractivity contribution is 0.0940. The molecule has 0 saturated carbocycles. The highest BCUT2D eigenvalue weighted by Crippen LogP contribution is 2.23. The Morgan fingerprint density at radius 3 is 2.61 bits per heavy atom. The van der Waals surface area contributed by atoms with Gasteiger partial charge in [-0.1, -0.05) is 36.4 Å². The molecule has 4 aromatic rings. The van der Waals surface area contributed by atoms with Crippen LogP contribution in [0.3, 0.4) is 0 Å². The summed E-state index contributed by atoms with van der Waals surface area (Å²) in [5, 5.41) is 21.5. The van der Waals surface area contributed by atoms with Crippen molar-refractivity contribution in [3.63, 3.8) is 0 Å². The molecule has 0 bridgehead atoms. The van der Waals surface area contributed by atoms with Crippen molar-refractivity contribution in [2.45, 2.75) is 19.9 Å². The molecule has 4 rings (SSSR count). The zero-order valence-electron chi connectivity index (χ0n) is 15.5. The van der Waals surface area contributed by atoms with Crippen molar-refractivity contribution < 1.29 is 4.79 Å². The van der Waals surface area contributed by atoms with Crippen molar-refractivity contribution >= 4 is 5.91 Å². The van der Waals surface area contributed by atoms with E-state index in [0.717, 1.165) is 16.9 Å². The molecule has 2 N–H and O–H groups in total. The SMILES string of the molecule is Cc1c([C@@H](C)NC(=O)c2ccccc2-c2nn[nH]n2)cnn1-c1ccccc1. The number of nitrogens with zero attached hydrogens (tertiary/aromatic N) is 5. The summed E-state index contributed by atoms with van der Waals surface area (Å²) in [6, 6.07) is 16.9. The van der Waals surface area contributed by atoms with Crippen LogP contribution in [0.25, 0.3) is 17.1 Å². The maximum absolute atomic E-state index is 12.9. The predicted molar refractivity (Wildman–Crippen MR) is 104 cm³/mol. The predicted octanol–water partition coefficient (Wildman–Crippen LogP) is 2.85. The van der Waals surface area contributed by atoms with E-state index in [-0.39, 0.29) is 11.9 Å². The van der Waals surface area contributed by atoms with Crippen LogP contribution >= 0.6 is 0 Å². The van der Waals surface area contributed by atoms with E-state index in [0.29, 0.717) is 17.0 Å². The van der Waals surface area contributed by atoms with Crippen LogP contribution in [0.4, 0.5) is 0 Å². The number of aromatic nitrogens is 6. The number of nitrogens with one attached hydrogen (secondary N) is 2. The molecule has 0 saturated heterocycles. The Hall–Kier alpha value is -3.81. The van der Waals surface area contributed by atoms with Crippen molar-refractivity contribution in [3.8, 4) is 17.1 Å². The van der Waals surface area contributed by atoms with Crippen molar-refractivity contribution in [1.82, 2.24) is 35.7 Å². The first kappa shape index (κ1) is 17.6. The Balaban J connectivity index is 1.58. The van der Waals surface area contributed by atoms with Gasteiger partial charge in [-0.05, 0) is 37.3 Å². The normalized spacial score (nSPS) is 11.9. The summed E-state index contributed by atoms with van der Waals surface area (Å²) < 4.78 is 1.87. The third kappa shape index (κ3) is 3.27. The first-order valence-electron chi connectivity index (χ1n) is 8.89. The molecule has 1 amide bonds. The molecule has 0 aliphatic rings. The number of benzene rings is 2. The van der Waals surface area contributed by atoms with Crippen LogP contribution in [0.15, 0.2) is 60.8 Å². The number of rotatable bonds is 5. The highest BCUT2D eigenvalue weighted by molar-refractivity contribution is 6.00. The monoisotopic (exact) mass is 373 g/mol. The fourth-order valence-corrected chi connectivity index (χ4v) is 3.18. The number of amides is 1. The van der Waals surface area contributed by atoms with Crippen molar-refractivity contribution in [3.05, 3.63) is 77.6 Å². The van der Waals surface area contributed by atoms with Gasteiger partial charge in [-0.25, -0.2) is 4.68 Å². The minimum atomic E-state index is -0.219. The molecular weight excluding hydrogens is 354 g/mol. The molecular formula is C20H19N7O. The Labute approximate surface area is 161 Å². The van der Waals surface area contributed by atoms with E-state index in [9.17, 15) is 4.79 Å². The zero-order valence-corrected chi connectivity index (χ0v) is 15.5. The van der Waals surface area contributed by atoms with Gasteiger partial charge in [0.05, 0.1) is 23.5 Å². The Bertz CT molecular complexity index is 1090. The van der Waals surface area contributed by atoms with Crippen LogP contribution in [0.1, 0.15) is 34.6 Å². The second-order valence-electron chi connectivity index (χ2n) is 6.41. The number of tetrazole rings is 1. The fourth-order valence-electron chi connectivity index (χ4n) is 3.18. The molecule has 2 aromatic heterocycles. The quantitative estimate of drug-likeness (QED) is 0.560. The molecule has 0 unspecified atom stereocenters. The summed E-state index contributed by atoms with van der Waals surface area (Å²) in [5.41, 5.74) is 4.02. The van der Waals surface area contributed by atoms with E-state index < -0.39 is 0 Å². The molecule has 0 radical (unpaired) electrons. The summed E-state index contributed by atoms with van der Waals surface area (Å²) in [4.78, 5) is 12.9. The van der Waals surface area contributed by atoms with Gasteiger partial charge in [-0.2, -0.15) is 10.3 Å². The van der Waals surface area contributed by atoms with Gasteiger partial charge in [-0.15, -0.1) is 10.2 Å². The topological polar surface area (TPSA) is 101 Å². The first-order chi connectivity index (χ1) is 13.6. The molecule has 0 spiro atoms. The Kier molecular flexibility index (Phi) is 4.67. The van der Waals surface area contributed by atoms with Gasteiger partial charge in [0, 0.05) is 16.8 Å². The lowest BCUT2D eigenvalue weighted by Gasteiger charge is -2.15. The number of H-pyrrole nitrogens is 1. The summed E-state index contributed by atoms with van der Waals surface area (Å²) in [6.07, 6.45) is 1.79. The Morgan fingerprint density at radius 2 is 1.86 bits per heavy atom. The van der Waals surface area contributed by atoms with Gasteiger partial charge in [0.25, 0.3) is 5.91 Å². The summed E-state index contributed by atoms with van der Waals surface area (Å²) in [7, 11) is 0. The third-order valence-corrected chi connectivity index (χ3v) is 4.62. The molecule has 28 heavy (non-hydrogen) atoms. The minimum Gasteiger partial charge on any atom is -0.345 e. The highest BCUT2D eigenvalue weighted by Gasteiger charge is 2.20. The number of hydrogen-bond donors (Lipinski definition) is 2. The smallest absolute Gasteiger partial charge is 0.252 e. The van der Waals surface area contributed by atoms with Crippen LogP contribution in [0, 0.1) is 6.92 Å². The van der Waals surface area contributed by atoms with Crippen molar-refractivity contribution in [2.75, 3.05) is 0 Å². The van der Waals surface area contributed by atoms with Gasteiger partial charge in [0.1, 0.15) is 0 Å². The van der Waals surface area contributed by atoms with Crippen molar-refractivity contribution in [2.24, 2.45) is 0 Å². The lowest BCUT2D eigenvalue weighted by Crippen LogP contribution is -2.27. The molecule has 0 aliphatic carbocycles. The Morgan fingerprint density at radius 1 is 1.11 bits per heavy atom. The van der Waals surface area contributed by atoms with Gasteiger partial charge < -0.3 is 5.32 Å². The van der Waals surface area contributed by atoms with Crippen LogP contribution in [-0.4, -0.2) is 36.3 Å². The van der Waals surface area contributed by atoms with Gasteiger partial charge >= 0.3 is 0 Å². The van der Waals surface area contributed by atoms with Gasteiger partial charge in [-0.3, -0.25) is 4.79 Å². The molecule has 8 heteroatoms. The highest BCUT2D eigenvalue weighted by atomic mass is 16.1. The molecule has 1 atom stereocenters. The molecule has 2 heterocycles. The maximum Gasteiger partial charge on any atom is 0.252 e. The number of aromatic amines is 1. The number of carbonyl (C=O) groups is 1. The minimum absolute atomic E-state index is 0.209. The van der Waals surface area contributed by atoms with E-state index in [1.54, 1.807) is 18.3 Å². The molecule has 0 fully saturated rings. The van der Waals surface area contributed by atoms with E-state index in [1.807, 2.05) is 61.0 Å². The van der Waals surface area contributed by atoms with Crippen LogP contribution in [0.5, 0.6) is 0 Å². The van der Waals surface area contributed by atoms with E-state index in [1.165, 1.54) is 0 Å². The van der Waals surface area contributed by atoms with Crippen LogP contribution < -0.4 is 5.32 Å². The van der Waals surface area contributed by atoms with E-state index >= 15 is 0 Å². The number of para-hydroxylation sites is 1. The molecule has 140 valence electrons. The average molecular weight is 373 g/mol. The van der Waals surface area contributed by atoms with E-state index in [2.05, 4.69) is 31.0 Å². The van der Waals surface area contributed by atoms with E-state index in [4.69, 9.17) is 0 Å². The number of carbonyl (C=O) groups excluding carboxylic acids is 1. The largest absolute Gasteiger partial charge is 0.345 e. The van der Waals surface area contributed by atoms with Gasteiger partial charge in [0.2, 0.25) is 5.82 Å². The summed E-state index contributed by atoms with van der Waals surface area (Å²) in [6.45, 7) is 3.93. The second-order valence-corrected chi connectivity index (χ2v) is 6.41. The summed E-state index contributed by atoms with van der Waals surface area (Å²) >= 11 is 0. The molecule has 2 aromatic carbocycles. The average Bonchev–Trinajstić information content (AvgIpc) is 3.38. The second kappa shape index (κ2) is 7.43.